The number of carbonyl (C=O) groups excluding carboxylic acids is 1. The first-order chi connectivity index (χ1) is 9.97. The molecule has 0 heterocycles. The number of carbonyl (C=O) groups is 1. The normalized spacial score (nSPS) is 10.3. The molecule has 0 aliphatic carbocycles. The van der Waals surface area contributed by atoms with E-state index in [1.165, 1.54) is 18.2 Å². The van der Waals surface area contributed by atoms with Crippen LogP contribution in [0, 0.1) is 19.7 Å². The molecule has 2 aromatic carbocycles. The zero-order chi connectivity index (χ0) is 15.4. The minimum absolute atomic E-state index is 0.0518. The van der Waals surface area contributed by atoms with Crippen LogP contribution >= 0.6 is 11.6 Å². The Morgan fingerprint density at radius 2 is 1.95 bits per heavy atom. The summed E-state index contributed by atoms with van der Waals surface area (Å²) in [5, 5.41) is 5.90. The Bertz CT molecular complexity index is 673. The average molecular weight is 307 g/mol. The van der Waals surface area contributed by atoms with E-state index in [2.05, 4.69) is 10.6 Å². The van der Waals surface area contributed by atoms with E-state index in [1.54, 1.807) is 0 Å². The molecule has 0 atom stereocenters. The van der Waals surface area contributed by atoms with Gasteiger partial charge in [0.25, 0.3) is 0 Å². The van der Waals surface area contributed by atoms with E-state index in [9.17, 15) is 9.18 Å². The van der Waals surface area contributed by atoms with Crippen LogP contribution in [0.5, 0.6) is 0 Å². The van der Waals surface area contributed by atoms with E-state index in [1.807, 2.05) is 32.0 Å². The highest BCUT2D eigenvalue weighted by Crippen LogP contribution is 2.20. The second kappa shape index (κ2) is 6.59. The van der Waals surface area contributed by atoms with Gasteiger partial charge in [0.05, 0.1) is 12.2 Å². The van der Waals surface area contributed by atoms with Crippen LogP contribution in [0.1, 0.15) is 11.1 Å². The highest BCUT2D eigenvalue weighted by Gasteiger charge is 2.08. The van der Waals surface area contributed by atoms with Crippen molar-refractivity contribution in [2.24, 2.45) is 0 Å². The fraction of sp³-hybridized carbons (Fsp3) is 0.188. The molecule has 0 aliphatic rings. The second-order valence-electron chi connectivity index (χ2n) is 4.77. The van der Waals surface area contributed by atoms with E-state index in [4.69, 9.17) is 11.6 Å². The lowest BCUT2D eigenvalue weighted by molar-refractivity contribution is -0.114. The van der Waals surface area contributed by atoms with Crippen molar-refractivity contribution in [3.63, 3.8) is 0 Å². The summed E-state index contributed by atoms with van der Waals surface area (Å²) in [5.74, 6) is -0.850. The number of aryl methyl sites for hydroxylation is 1. The summed E-state index contributed by atoms with van der Waals surface area (Å²) in [6.07, 6.45) is 0. The summed E-state index contributed by atoms with van der Waals surface area (Å²) >= 11 is 5.78. The van der Waals surface area contributed by atoms with Crippen molar-refractivity contribution in [2.75, 3.05) is 17.2 Å². The van der Waals surface area contributed by atoms with E-state index in [0.717, 1.165) is 16.8 Å². The first-order valence-electron chi connectivity index (χ1n) is 6.52. The molecule has 1 amide bonds. The summed E-state index contributed by atoms with van der Waals surface area (Å²) in [5.41, 5.74) is 3.19. The molecule has 0 fully saturated rings. The number of hydrogen-bond acceptors (Lipinski definition) is 2. The molecule has 0 aliphatic heterocycles. The number of anilines is 2. The first-order valence-corrected chi connectivity index (χ1v) is 6.90. The van der Waals surface area contributed by atoms with Gasteiger partial charge in [0.2, 0.25) is 5.91 Å². The van der Waals surface area contributed by atoms with Gasteiger partial charge in [-0.15, -0.1) is 0 Å². The minimum Gasteiger partial charge on any atom is -0.376 e. The molecule has 2 rings (SSSR count). The summed E-state index contributed by atoms with van der Waals surface area (Å²) in [6, 6.07) is 9.85. The van der Waals surface area contributed by atoms with Gasteiger partial charge in [-0.3, -0.25) is 4.79 Å². The highest BCUT2D eigenvalue weighted by molar-refractivity contribution is 6.30. The van der Waals surface area contributed by atoms with Crippen LogP contribution in [0.2, 0.25) is 5.02 Å². The zero-order valence-corrected chi connectivity index (χ0v) is 12.6. The van der Waals surface area contributed by atoms with Crippen molar-refractivity contribution in [1.82, 2.24) is 0 Å². The summed E-state index contributed by atoms with van der Waals surface area (Å²) in [6.45, 7) is 4.03. The van der Waals surface area contributed by atoms with Gasteiger partial charge >= 0.3 is 0 Å². The predicted octanol–water partition coefficient (Wildman–Crippen LogP) is 4.15. The maximum absolute atomic E-state index is 13.5. The number of nitrogens with one attached hydrogen (secondary N) is 2. The van der Waals surface area contributed by atoms with Gasteiger partial charge in [0, 0.05) is 10.7 Å². The van der Waals surface area contributed by atoms with Gasteiger partial charge in [0.15, 0.2) is 0 Å². The molecule has 0 bridgehead atoms. The Hall–Kier alpha value is -2.07. The maximum atomic E-state index is 13.5. The zero-order valence-electron chi connectivity index (χ0n) is 11.8. The lowest BCUT2D eigenvalue weighted by Crippen LogP contribution is -2.22. The van der Waals surface area contributed by atoms with Gasteiger partial charge in [-0.05, 0) is 49.2 Å². The monoisotopic (exact) mass is 306 g/mol. The van der Waals surface area contributed by atoms with E-state index in [-0.39, 0.29) is 18.1 Å². The molecule has 2 aromatic rings. The number of benzene rings is 2. The molecule has 0 aromatic heterocycles. The Balaban J connectivity index is 1.99. The van der Waals surface area contributed by atoms with Crippen LogP contribution in [0.25, 0.3) is 0 Å². The molecule has 0 spiro atoms. The van der Waals surface area contributed by atoms with Gasteiger partial charge in [0.1, 0.15) is 5.82 Å². The number of halogens is 2. The number of amides is 1. The molecule has 5 heteroatoms. The van der Waals surface area contributed by atoms with Gasteiger partial charge in [-0.1, -0.05) is 23.7 Å². The smallest absolute Gasteiger partial charge is 0.243 e. The van der Waals surface area contributed by atoms with Crippen molar-refractivity contribution >= 4 is 28.9 Å². The quantitative estimate of drug-likeness (QED) is 0.891. The molecule has 3 nitrogen and oxygen atoms in total. The molecule has 2 N–H and O–H groups in total. The van der Waals surface area contributed by atoms with Crippen molar-refractivity contribution in [3.05, 3.63) is 58.4 Å². The van der Waals surface area contributed by atoms with Crippen LogP contribution in [-0.4, -0.2) is 12.5 Å². The van der Waals surface area contributed by atoms with E-state index in [0.29, 0.717) is 5.02 Å². The average Bonchev–Trinajstić information content (AvgIpc) is 2.44. The minimum atomic E-state index is -0.514. The van der Waals surface area contributed by atoms with Crippen molar-refractivity contribution < 1.29 is 9.18 Å². The molecule has 0 saturated carbocycles. The second-order valence-corrected chi connectivity index (χ2v) is 5.21. The standard InChI is InChI=1S/C16H16ClFN2O/c1-10-4-3-5-14(11(10)2)19-9-16(21)20-15-8-12(17)6-7-13(15)18/h3-8,19H,9H2,1-2H3,(H,20,21). The van der Waals surface area contributed by atoms with Gasteiger partial charge in [-0.25, -0.2) is 4.39 Å². The summed E-state index contributed by atoms with van der Waals surface area (Å²) in [4.78, 5) is 11.9. The fourth-order valence-electron chi connectivity index (χ4n) is 1.91. The largest absolute Gasteiger partial charge is 0.376 e. The third-order valence-corrected chi connectivity index (χ3v) is 3.48. The molecule has 110 valence electrons. The number of hydrogen-bond donors (Lipinski definition) is 2. The summed E-state index contributed by atoms with van der Waals surface area (Å²) in [7, 11) is 0. The molecular weight excluding hydrogens is 291 g/mol. The van der Waals surface area contributed by atoms with Gasteiger partial charge < -0.3 is 10.6 Å². The van der Waals surface area contributed by atoms with Crippen LogP contribution in [0.3, 0.4) is 0 Å². The topological polar surface area (TPSA) is 41.1 Å². The Labute approximate surface area is 128 Å². The van der Waals surface area contributed by atoms with Crippen LogP contribution < -0.4 is 10.6 Å². The molecule has 0 saturated heterocycles. The van der Waals surface area contributed by atoms with E-state index >= 15 is 0 Å². The van der Waals surface area contributed by atoms with Crippen LogP contribution in [0.15, 0.2) is 36.4 Å². The Morgan fingerprint density at radius 3 is 2.71 bits per heavy atom. The first kappa shape index (κ1) is 15.3. The molecular formula is C16H16ClFN2O. The van der Waals surface area contributed by atoms with Crippen molar-refractivity contribution in [3.8, 4) is 0 Å². The van der Waals surface area contributed by atoms with Crippen molar-refractivity contribution in [2.45, 2.75) is 13.8 Å². The SMILES string of the molecule is Cc1cccc(NCC(=O)Nc2cc(Cl)ccc2F)c1C. The lowest BCUT2D eigenvalue weighted by atomic mass is 10.1. The summed E-state index contributed by atoms with van der Waals surface area (Å²) < 4.78 is 13.5. The third kappa shape index (κ3) is 3.95. The molecule has 21 heavy (non-hydrogen) atoms. The molecule has 0 radical (unpaired) electrons. The fourth-order valence-corrected chi connectivity index (χ4v) is 2.08. The number of rotatable bonds is 4. The maximum Gasteiger partial charge on any atom is 0.243 e. The Kier molecular flexibility index (Phi) is 4.81. The van der Waals surface area contributed by atoms with E-state index < -0.39 is 5.82 Å². The molecule has 0 unspecified atom stereocenters. The lowest BCUT2D eigenvalue weighted by Gasteiger charge is -2.12. The highest BCUT2D eigenvalue weighted by atomic mass is 35.5. The Morgan fingerprint density at radius 1 is 1.19 bits per heavy atom. The van der Waals surface area contributed by atoms with Gasteiger partial charge in [-0.2, -0.15) is 0 Å². The van der Waals surface area contributed by atoms with Crippen molar-refractivity contribution in [1.29, 1.82) is 0 Å². The third-order valence-electron chi connectivity index (χ3n) is 3.25. The predicted molar refractivity (Wildman–Crippen MR) is 84.4 cm³/mol. The van der Waals surface area contributed by atoms with Crippen LogP contribution in [0.4, 0.5) is 15.8 Å². The van der Waals surface area contributed by atoms with Crippen LogP contribution in [-0.2, 0) is 4.79 Å².